The minimum atomic E-state index is -1.61. The zero-order valence-electron chi connectivity index (χ0n) is 8.97. The van der Waals surface area contributed by atoms with Crippen molar-refractivity contribution >= 4 is 21.7 Å². The van der Waals surface area contributed by atoms with Crippen LogP contribution >= 0.6 is 15.9 Å². The average molecular weight is 305 g/mol. The van der Waals surface area contributed by atoms with Crippen molar-refractivity contribution in [3.63, 3.8) is 0 Å². The molecule has 2 nitrogen and oxygen atoms in total. The summed E-state index contributed by atoms with van der Waals surface area (Å²) in [7, 11) is 0. The average Bonchev–Trinajstić information content (AvgIpc) is 2.72. The molecule has 0 aliphatic heterocycles. The Morgan fingerprint density at radius 1 is 1.29 bits per heavy atom. The number of benzene rings is 1. The number of hydrogen-bond acceptors (Lipinski definition) is 2. The van der Waals surface area contributed by atoms with E-state index in [1.807, 2.05) is 0 Å². The fourth-order valence-electron chi connectivity index (χ4n) is 2.15. The lowest BCUT2D eigenvalue weighted by molar-refractivity contribution is 0.0344. The molecule has 1 fully saturated rings. The van der Waals surface area contributed by atoms with Crippen LogP contribution in [0.1, 0.15) is 36.0 Å². The molecule has 17 heavy (non-hydrogen) atoms. The van der Waals surface area contributed by atoms with E-state index in [1.165, 1.54) is 6.07 Å². The Balaban J connectivity index is 2.47. The van der Waals surface area contributed by atoms with Crippen molar-refractivity contribution in [2.45, 2.75) is 31.3 Å². The van der Waals surface area contributed by atoms with Crippen LogP contribution < -0.4 is 0 Å². The number of rotatable bonds is 2. The summed E-state index contributed by atoms with van der Waals surface area (Å²) in [6, 6.07) is 2.21. The lowest BCUT2D eigenvalue weighted by Crippen LogP contribution is -2.36. The Bertz CT molecular complexity index is 468. The first-order valence-electron chi connectivity index (χ1n) is 5.36. The highest BCUT2D eigenvalue weighted by atomic mass is 79.9. The summed E-state index contributed by atoms with van der Waals surface area (Å²) >= 11 is 2.90. The van der Waals surface area contributed by atoms with Crippen LogP contribution in [-0.4, -0.2) is 16.5 Å². The molecular formula is C12H11BrF2O2. The second-order valence-electron chi connectivity index (χ2n) is 4.29. The third kappa shape index (κ3) is 2.13. The van der Waals surface area contributed by atoms with Gasteiger partial charge in [0.15, 0.2) is 11.6 Å². The lowest BCUT2D eigenvalue weighted by atomic mass is 9.91. The molecule has 0 unspecified atom stereocenters. The predicted octanol–water partition coefficient (Wildman–Crippen LogP) is 3.22. The summed E-state index contributed by atoms with van der Waals surface area (Å²) in [6.07, 6.45) is 1.91. The molecule has 0 spiro atoms. The van der Waals surface area contributed by atoms with Crippen LogP contribution in [0.5, 0.6) is 0 Å². The normalized spacial score (nSPS) is 18.4. The third-order valence-corrected chi connectivity index (χ3v) is 3.74. The fraction of sp³-hybridized carbons (Fsp3) is 0.417. The summed E-state index contributed by atoms with van der Waals surface area (Å²) in [5.41, 5.74) is -2.26. The smallest absolute Gasteiger partial charge is 0.200 e. The summed E-state index contributed by atoms with van der Waals surface area (Å²) in [6.45, 7) is 0. The molecule has 92 valence electrons. The Morgan fingerprint density at radius 2 is 1.88 bits per heavy atom. The van der Waals surface area contributed by atoms with Gasteiger partial charge in [0, 0.05) is 0 Å². The van der Waals surface area contributed by atoms with Gasteiger partial charge in [-0.2, -0.15) is 0 Å². The van der Waals surface area contributed by atoms with Gasteiger partial charge in [-0.25, -0.2) is 8.78 Å². The number of halogens is 3. The maximum Gasteiger partial charge on any atom is 0.200 e. The molecule has 0 atom stereocenters. The van der Waals surface area contributed by atoms with E-state index in [0.29, 0.717) is 12.8 Å². The number of Topliss-reactive ketones (excluding diaryl/α,β-unsaturated/α-hetero) is 1. The van der Waals surface area contributed by atoms with Gasteiger partial charge in [0.05, 0.1) is 10.0 Å². The van der Waals surface area contributed by atoms with Gasteiger partial charge in [-0.05, 0) is 53.7 Å². The highest BCUT2D eigenvalue weighted by Gasteiger charge is 2.41. The quantitative estimate of drug-likeness (QED) is 0.673. The minimum Gasteiger partial charge on any atom is -0.382 e. The molecule has 1 aromatic carbocycles. The minimum absolute atomic E-state index is 0.0175. The Labute approximate surface area is 106 Å². The van der Waals surface area contributed by atoms with Gasteiger partial charge in [-0.3, -0.25) is 4.79 Å². The van der Waals surface area contributed by atoms with Gasteiger partial charge in [-0.15, -0.1) is 0 Å². The highest BCUT2D eigenvalue weighted by molar-refractivity contribution is 9.10. The first kappa shape index (κ1) is 12.6. The molecule has 0 radical (unpaired) electrons. The van der Waals surface area contributed by atoms with E-state index in [1.54, 1.807) is 0 Å². The van der Waals surface area contributed by atoms with E-state index in [4.69, 9.17) is 0 Å². The van der Waals surface area contributed by atoms with Crippen molar-refractivity contribution in [2.75, 3.05) is 0 Å². The van der Waals surface area contributed by atoms with E-state index < -0.39 is 28.6 Å². The molecular weight excluding hydrogens is 294 g/mol. The highest BCUT2D eigenvalue weighted by Crippen LogP contribution is 2.34. The van der Waals surface area contributed by atoms with Crippen LogP contribution in [0.3, 0.4) is 0 Å². The maximum atomic E-state index is 13.7. The first-order valence-corrected chi connectivity index (χ1v) is 6.16. The van der Waals surface area contributed by atoms with Crippen LogP contribution in [0.2, 0.25) is 0 Å². The third-order valence-electron chi connectivity index (χ3n) is 3.12. The molecule has 0 heterocycles. The van der Waals surface area contributed by atoms with Gasteiger partial charge in [-0.1, -0.05) is 0 Å². The van der Waals surface area contributed by atoms with Crippen LogP contribution in [-0.2, 0) is 0 Å². The topological polar surface area (TPSA) is 37.3 Å². The van der Waals surface area contributed by atoms with Crippen LogP contribution in [0, 0.1) is 11.6 Å². The molecule has 1 saturated carbocycles. The van der Waals surface area contributed by atoms with Crippen molar-refractivity contribution in [1.82, 2.24) is 0 Å². The van der Waals surface area contributed by atoms with Crippen molar-refractivity contribution in [2.24, 2.45) is 0 Å². The van der Waals surface area contributed by atoms with Crippen molar-refractivity contribution < 1.29 is 18.7 Å². The molecule has 0 saturated heterocycles. The zero-order chi connectivity index (χ0) is 12.6. The van der Waals surface area contributed by atoms with E-state index in [0.717, 1.165) is 6.07 Å². The van der Waals surface area contributed by atoms with Gasteiger partial charge < -0.3 is 5.11 Å². The van der Waals surface area contributed by atoms with E-state index in [-0.39, 0.29) is 17.3 Å². The van der Waals surface area contributed by atoms with Crippen molar-refractivity contribution in [3.8, 4) is 0 Å². The number of carbonyl (C=O) groups excluding carboxylic acids is 1. The standard InChI is InChI=1S/C12H11BrF2O2/c13-7-3-4-8(14)9(10(7)15)11(16)12(17)5-1-2-6-12/h3-4,17H,1-2,5-6H2. The van der Waals surface area contributed by atoms with Crippen LogP contribution in [0.4, 0.5) is 8.78 Å². The molecule has 1 aliphatic rings. The first-order chi connectivity index (χ1) is 7.96. The summed E-state index contributed by atoms with van der Waals surface area (Å²) in [4.78, 5) is 12.0. The van der Waals surface area contributed by atoms with Crippen LogP contribution in [0.15, 0.2) is 16.6 Å². The van der Waals surface area contributed by atoms with Gasteiger partial charge in [0.1, 0.15) is 11.4 Å². The lowest BCUT2D eigenvalue weighted by Gasteiger charge is -2.21. The molecule has 1 aromatic rings. The second-order valence-corrected chi connectivity index (χ2v) is 5.14. The molecule has 5 heteroatoms. The maximum absolute atomic E-state index is 13.7. The number of aliphatic hydroxyl groups is 1. The van der Waals surface area contributed by atoms with Gasteiger partial charge in [0.25, 0.3) is 0 Å². The number of hydrogen-bond donors (Lipinski definition) is 1. The Morgan fingerprint density at radius 3 is 2.47 bits per heavy atom. The monoisotopic (exact) mass is 304 g/mol. The molecule has 1 N–H and O–H groups in total. The number of ketones is 1. The van der Waals surface area contributed by atoms with Gasteiger partial charge in [0.2, 0.25) is 0 Å². The molecule has 0 amide bonds. The van der Waals surface area contributed by atoms with Gasteiger partial charge >= 0.3 is 0 Å². The van der Waals surface area contributed by atoms with E-state index in [2.05, 4.69) is 15.9 Å². The molecule has 1 aliphatic carbocycles. The summed E-state index contributed by atoms with van der Waals surface area (Å²) < 4.78 is 27.2. The Hall–Kier alpha value is -0.810. The van der Waals surface area contributed by atoms with Crippen molar-refractivity contribution in [1.29, 1.82) is 0 Å². The zero-order valence-corrected chi connectivity index (χ0v) is 10.6. The summed E-state index contributed by atoms with van der Waals surface area (Å²) in [5.74, 6) is -2.74. The van der Waals surface area contributed by atoms with E-state index in [9.17, 15) is 18.7 Å². The molecule has 0 bridgehead atoms. The molecule has 0 aromatic heterocycles. The Kier molecular flexibility index (Phi) is 3.32. The fourth-order valence-corrected chi connectivity index (χ4v) is 2.49. The largest absolute Gasteiger partial charge is 0.382 e. The summed E-state index contributed by atoms with van der Waals surface area (Å²) in [5, 5.41) is 10.1. The second kappa shape index (κ2) is 4.46. The van der Waals surface area contributed by atoms with Crippen molar-refractivity contribution in [3.05, 3.63) is 33.8 Å². The van der Waals surface area contributed by atoms with E-state index >= 15 is 0 Å². The number of carbonyl (C=O) groups is 1. The molecule has 2 rings (SSSR count). The van der Waals surface area contributed by atoms with Crippen LogP contribution in [0.25, 0.3) is 0 Å². The SMILES string of the molecule is O=C(c1c(F)ccc(Br)c1F)C1(O)CCCC1. The predicted molar refractivity (Wildman–Crippen MR) is 61.8 cm³/mol.